The van der Waals surface area contributed by atoms with Crippen LogP contribution in [0.2, 0.25) is 0 Å². The van der Waals surface area contributed by atoms with Crippen LogP contribution in [-0.2, 0) is 25.4 Å². The van der Waals surface area contributed by atoms with Crippen molar-refractivity contribution in [2.75, 3.05) is 6.54 Å². The molecular weight excluding hydrogens is 426 g/mol. The first-order valence-corrected chi connectivity index (χ1v) is 13.2. The molecule has 0 aromatic heterocycles. The normalized spacial score (nSPS) is 32.5. The van der Waals surface area contributed by atoms with Gasteiger partial charge in [0.1, 0.15) is 22.6 Å². The summed E-state index contributed by atoms with van der Waals surface area (Å²) in [5, 5.41) is 3.01. The number of carbonyl (C=O) groups excluding carboxylic acids is 3. The van der Waals surface area contributed by atoms with Crippen molar-refractivity contribution in [2.24, 2.45) is 5.92 Å². The van der Waals surface area contributed by atoms with Crippen molar-refractivity contribution in [3.05, 3.63) is 24.8 Å². The molecule has 2 N–H and O–H groups in total. The molecule has 2 aliphatic heterocycles. The molecule has 4 unspecified atom stereocenters. The van der Waals surface area contributed by atoms with E-state index in [0.717, 1.165) is 51.4 Å². The number of carbonyl (C=O) groups is 3. The van der Waals surface area contributed by atoms with Crippen LogP contribution in [0.15, 0.2) is 24.8 Å². The van der Waals surface area contributed by atoms with Crippen molar-refractivity contribution < 1.29 is 18.6 Å². The number of rotatable bonds is 3. The van der Waals surface area contributed by atoms with Crippen LogP contribution in [0.25, 0.3) is 0 Å². The average molecular weight is 464 g/mol. The van der Waals surface area contributed by atoms with Crippen LogP contribution in [0.3, 0.4) is 0 Å². The fourth-order valence-corrected chi connectivity index (χ4v) is 5.56. The summed E-state index contributed by atoms with van der Waals surface area (Å²) in [6.07, 6.45) is 15.0. The SMILES string of the molecule is C=CC.O=C1NC2(C(=O)NS(=O)C3CC3)CC2/C=C\CCCCCCC(=O)N2CCCC12. The van der Waals surface area contributed by atoms with Gasteiger partial charge < -0.3 is 10.2 Å². The standard InChI is InChI=1S/C21H31N3O4S.C3H6/c25-18-10-6-4-2-1-3-5-8-15-14-21(15,20(27)23-29(28)16-11-12-16)22-19(26)17-9-7-13-24(17)18;1-3-2/h5,8,15-17H,1-4,6-7,9-14H2,(H,22,26)(H,23,27);3H,1H2,2H3/b8-5-;. The van der Waals surface area contributed by atoms with Gasteiger partial charge in [-0.2, -0.15) is 0 Å². The molecule has 1 saturated heterocycles. The van der Waals surface area contributed by atoms with Gasteiger partial charge in [0.2, 0.25) is 11.8 Å². The lowest BCUT2D eigenvalue weighted by atomic mass is 10.1. The van der Waals surface area contributed by atoms with Crippen molar-refractivity contribution in [1.29, 1.82) is 0 Å². The van der Waals surface area contributed by atoms with E-state index in [0.29, 0.717) is 25.8 Å². The van der Waals surface area contributed by atoms with Crippen LogP contribution in [0.4, 0.5) is 0 Å². The Labute approximate surface area is 194 Å². The minimum absolute atomic E-state index is 0.0383. The lowest BCUT2D eigenvalue weighted by Crippen LogP contribution is -2.56. The van der Waals surface area contributed by atoms with Crippen LogP contribution in [0.1, 0.15) is 77.6 Å². The highest BCUT2D eigenvalue weighted by molar-refractivity contribution is 7.84. The first-order chi connectivity index (χ1) is 15.4. The second-order valence-electron chi connectivity index (χ2n) is 9.23. The lowest BCUT2D eigenvalue weighted by molar-refractivity contribution is -0.139. The predicted octanol–water partition coefficient (Wildman–Crippen LogP) is 2.90. The first-order valence-electron chi connectivity index (χ1n) is 12.0. The molecule has 178 valence electrons. The van der Waals surface area contributed by atoms with E-state index in [-0.39, 0.29) is 28.9 Å². The van der Waals surface area contributed by atoms with E-state index in [1.54, 1.807) is 11.0 Å². The molecule has 0 radical (unpaired) electrons. The van der Waals surface area contributed by atoms with Gasteiger partial charge in [-0.3, -0.25) is 19.1 Å². The summed E-state index contributed by atoms with van der Waals surface area (Å²) in [4.78, 5) is 40.4. The van der Waals surface area contributed by atoms with E-state index in [2.05, 4.69) is 22.7 Å². The highest BCUT2D eigenvalue weighted by Gasteiger charge is 2.61. The molecule has 4 aliphatic rings. The molecule has 2 heterocycles. The minimum Gasteiger partial charge on any atom is -0.339 e. The largest absolute Gasteiger partial charge is 0.339 e. The summed E-state index contributed by atoms with van der Waals surface area (Å²) >= 11 is 0. The smallest absolute Gasteiger partial charge is 0.258 e. The van der Waals surface area contributed by atoms with Crippen LogP contribution >= 0.6 is 0 Å². The molecule has 4 rings (SSSR count). The van der Waals surface area contributed by atoms with Crippen LogP contribution in [-0.4, -0.2) is 50.2 Å². The van der Waals surface area contributed by atoms with Crippen LogP contribution in [0, 0.1) is 5.92 Å². The number of nitrogens with one attached hydrogen (secondary N) is 2. The quantitative estimate of drug-likeness (QED) is 0.629. The van der Waals surface area contributed by atoms with Crippen molar-refractivity contribution >= 4 is 28.7 Å². The Morgan fingerprint density at radius 2 is 1.94 bits per heavy atom. The lowest BCUT2D eigenvalue weighted by Gasteiger charge is -2.26. The van der Waals surface area contributed by atoms with E-state index >= 15 is 0 Å². The van der Waals surface area contributed by atoms with Crippen molar-refractivity contribution in [3.63, 3.8) is 0 Å². The van der Waals surface area contributed by atoms with Gasteiger partial charge in [-0.25, -0.2) is 4.21 Å². The average Bonchev–Trinajstić information content (AvgIpc) is 3.67. The van der Waals surface area contributed by atoms with Crippen LogP contribution in [0.5, 0.6) is 0 Å². The Bertz CT molecular complexity index is 779. The van der Waals surface area contributed by atoms with Gasteiger partial charge in [0.05, 0.1) is 5.25 Å². The summed E-state index contributed by atoms with van der Waals surface area (Å²) in [7, 11) is -1.38. The second-order valence-corrected chi connectivity index (χ2v) is 10.7. The number of amides is 3. The zero-order valence-corrected chi connectivity index (χ0v) is 20.0. The summed E-state index contributed by atoms with van der Waals surface area (Å²) in [6.45, 7) is 5.85. The van der Waals surface area contributed by atoms with Gasteiger partial charge in [-0.1, -0.05) is 31.1 Å². The third-order valence-corrected chi connectivity index (χ3v) is 8.01. The first kappa shape index (κ1) is 24.7. The fourth-order valence-electron chi connectivity index (χ4n) is 4.47. The maximum absolute atomic E-state index is 13.1. The number of hydrogen-bond acceptors (Lipinski definition) is 4. The molecule has 2 saturated carbocycles. The summed E-state index contributed by atoms with van der Waals surface area (Å²) in [6, 6.07) is -0.503. The summed E-state index contributed by atoms with van der Waals surface area (Å²) in [5.41, 5.74) is -1.03. The van der Waals surface area contributed by atoms with E-state index in [1.165, 1.54) is 0 Å². The molecule has 0 spiro atoms. The Hall–Kier alpha value is -1.96. The molecule has 0 bridgehead atoms. The topological polar surface area (TPSA) is 95.6 Å². The Balaban J connectivity index is 0.000000913. The highest BCUT2D eigenvalue weighted by Crippen LogP contribution is 2.45. The summed E-state index contributed by atoms with van der Waals surface area (Å²) in [5.74, 6) is -0.658. The minimum atomic E-state index is -1.38. The Kier molecular flexibility index (Phi) is 8.68. The van der Waals surface area contributed by atoms with Gasteiger partial charge in [0.15, 0.2) is 0 Å². The molecule has 4 atom stereocenters. The van der Waals surface area contributed by atoms with Gasteiger partial charge in [0.25, 0.3) is 5.91 Å². The second kappa shape index (κ2) is 11.3. The molecule has 32 heavy (non-hydrogen) atoms. The van der Waals surface area contributed by atoms with Crippen molar-refractivity contribution in [2.45, 2.75) is 94.4 Å². The molecule has 8 heteroatoms. The molecule has 2 aliphatic carbocycles. The molecule has 3 fully saturated rings. The maximum atomic E-state index is 13.1. The Morgan fingerprint density at radius 3 is 2.66 bits per heavy atom. The fraction of sp³-hybridized carbons (Fsp3) is 0.708. The van der Waals surface area contributed by atoms with Gasteiger partial charge >= 0.3 is 0 Å². The third kappa shape index (κ3) is 6.09. The number of nitrogens with zero attached hydrogens (tertiary/aromatic N) is 1. The summed E-state index contributed by atoms with van der Waals surface area (Å²) < 4.78 is 14.9. The predicted molar refractivity (Wildman–Crippen MR) is 126 cm³/mol. The third-order valence-electron chi connectivity index (χ3n) is 6.54. The molecule has 0 aromatic rings. The van der Waals surface area contributed by atoms with E-state index in [1.807, 2.05) is 13.0 Å². The molecule has 3 amide bonds. The van der Waals surface area contributed by atoms with Gasteiger partial charge in [0, 0.05) is 18.9 Å². The number of fused-ring (bicyclic) bond motifs is 2. The van der Waals surface area contributed by atoms with Crippen LogP contribution < -0.4 is 10.0 Å². The Morgan fingerprint density at radius 1 is 1.22 bits per heavy atom. The molecular formula is C24H37N3O4S. The molecule has 7 nitrogen and oxygen atoms in total. The number of hydrogen-bond donors (Lipinski definition) is 2. The highest BCUT2D eigenvalue weighted by atomic mass is 32.2. The number of allylic oxidation sites excluding steroid dienone is 2. The zero-order chi connectivity index (χ0) is 23.1. The van der Waals surface area contributed by atoms with E-state index < -0.39 is 22.6 Å². The van der Waals surface area contributed by atoms with E-state index in [9.17, 15) is 18.6 Å². The molecule has 0 aromatic carbocycles. The monoisotopic (exact) mass is 463 g/mol. The van der Waals surface area contributed by atoms with Crippen molar-refractivity contribution in [1.82, 2.24) is 14.9 Å². The van der Waals surface area contributed by atoms with Gasteiger partial charge in [-0.15, -0.1) is 6.58 Å². The van der Waals surface area contributed by atoms with Gasteiger partial charge in [-0.05, 0) is 58.3 Å². The zero-order valence-electron chi connectivity index (χ0n) is 19.1. The van der Waals surface area contributed by atoms with E-state index in [4.69, 9.17) is 0 Å². The van der Waals surface area contributed by atoms with Crippen molar-refractivity contribution in [3.8, 4) is 0 Å². The maximum Gasteiger partial charge on any atom is 0.258 e.